The number of methoxy groups -OCH3 is 2. The van der Waals surface area contributed by atoms with Crippen molar-refractivity contribution < 1.29 is 14.3 Å². The van der Waals surface area contributed by atoms with E-state index in [9.17, 15) is 4.79 Å². The van der Waals surface area contributed by atoms with Gasteiger partial charge in [0.15, 0.2) is 0 Å². The standard InChI is InChI=1S/C17H15NO3S/c1-20-13-7-5-8-14(11-13)22-18-15-9-4-3-6-12(15)10-16(18)17(19)21-2/h3-11H,1-2H3. The molecule has 0 bridgehead atoms. The highest BCUT2D eigenvalue weighted by molar-refractivity contribution is 7.98. The van der Waals surface area contributed by atoms with Crippen LogP contribution in [0.5, 0.6) is 5.75 Å². The van der Waals surface area contributed by atoms with E-state index in [1.54, 1.807) is 7.11 Å². The minimum absolute atomic E-state index is 0.355. The largest absolute Gasteiger partial charge is 0.497 e. The number of carbonyl (C=O) groups excluding carboxylic acids is 1. The zero-order valence-electron chi connectivity index (χ0n) is 12.3. The molecule has 4 nitrogen and oxygen atoms in total. The monoisotopic (exact) mass is 313 g/mol. The predicted octanol–water partition coefficient (Wildman–Crippen LogP) is 3.99. The summed E-state index contributed by atoms with van der Waals surface area (Å²) in [5.74, 6) is 0.424. The first kappa shape index (κ1) is 14.5. The molecule has 0 aliphatic heterocycles. The quantitative estimate of drug-likeness (QED) is 0.683. The molecule has 2 aromatic carbocycles. The third-order valence-electron chi connectivity index (χ3n) is 3.30. The maximum atomic E-state index is 12.0. The van der Waals surface area contributed by atoms with Gasteiger partial charge in [0.2, 0.25) is 0 Å². The Bertz CT molecular complexity index is 826. The summed E-state index contributed by atoms with van der Waals surface area (Å²) in [6.45, 7) is 0. The molecule has 0 aliphatic rings. The van der Waals surface area contributed by atoms with E-state index in [1.165, 1.54) is 19.1 Å². The van der Waals surface area contributed by atoms with Crippen molar-refractivity contribution in [3.8, 4) is 5.75 Å². The Hall–Kier alpha value is -2.40. The van der Waals surface area contributed by atoms with E-state index in [4.69, 9.17) is 9.47 Å². The maximum Gasteiger partial charge on any atom is 0.355 e. The Labute approximate surface area is 132 Å². The molecule has 0 unspecified atom stereocenters. The molecule has 22 heavy (non-hydrogen) atoms. The first-order valence-electron chi connectivity index (χ1n) is 6.74. The summed E-state index contributed by atoms with van der Waals surface area (Å²) in [7, 11) is 3.02. The van der Waals surface area contributed by atoms with Crippen molar-refractivity contribution in [3.05, 3.63) is 60.3 Å². The van der Waals surface area contributed by atoms with Crippen LogP contribution < -0.4 is 4.74 Å². The molecule has 0 N–H and O–H groups in total. The van der Waals surface area contributed by atoms with Crippen molar-refractivity contribution in [1.29, 1.82) is 0 Å². The third kappa shape index (κ3) is 2.67. The highest BCUT2D eigenvalue weighted by Gasteiger charge is 2.17. The van der Waals surface area contributed by atoms with Crippen molar-refractivity contribution in [2.24, 2.45) is 0 Å². The number of nitrogens with zero attached hydrogens (tertiary/aromatic N) is 1. The third-order valence-corrected chi connectivity index (χ3v) is 4.34. The fourth-order valence-corrected chi connectivity index (χ4v) is 3.25. The average molecular weight is 313 g/mol. The van der Waals surface area contributed by atoms with Gasteiger partial charge in [-0.05, 0) is 42.3 Å². The maximum absolute atomic E-state index is 12.0. The Morgan fingerprint density at radius 2 is 1.86 bits per heavy atom. The van der Waals surface area contributed by atoms with E-state index in [1.807, 2.05) is 58.6 Å². The van der Waals surface area contributed by atoms with Gasteiger partial charge in [-0.25, -0.2) is 4.79 Å². The zero-order chi connectivity index (χ0) is 15.5. The van der Waals surface area contributed by atoms with E-state index < -0.39 is 0 Å². The van der Waals surface area contributed by atoms with E-state index in [0.29, 0.717) is 5.69 Å². The van der Waals surface area contributed by atoms with Crippen molar-refractivity contribution in [2.75, 3.05) is 14.2 Å². The van der Waals surface area contributed by atoms with Crippen LogP contribution >= 0.6 is 11.9 Å². The van der Waals surface area contributed by atoms with Gasteiger partial charge in [-0.1, -0.05) is 24.3 Å². The molecule has 0 radical (unpaired) electrons. The van der Waals surface area contributed by atoms with Crippen molar-refractivity contribution in [1.82, 2.24) is 3.97 Å². The number of aromatic nitrogens is 1. The van der Waals surface area contributed by atoms with Crippen molar-refractivity contribution >= 4 is 28.8 Å². The van der Waals surface area contributed by atoms with Gasteiger partial charge < -0.3 is 9.47 Å². The van der Waals surface area contributed by atoms with Crippen LogP contribution in [0, 0.1) is 0 Å². The van der Waals surface area contributed by atoms with Gasteiger partial charge in [0, 0.05) is 10.3 Å². The van der Waals surface area contributed by atoms with Crippen LogP contribution in [0.2, 0.25) is 0 Å². The molecule has 0 atom stereocenters. The Kier molecular flexibility index (Phi) is 4.06. The van der Waals surface area contributed by atoms with Gasteiger partial charge in [0.1, 0.15) is 11.4 Å². The molecule has 112 valence electrons. The lowest BCUT2D eigenvalue weighted by atomic mass is 10.2. The smallest absolute Gasteiger partial charge is 0.355 e. The average Bonchev–Trinajstić information content (AvgIpc) is 2.93. The molecule has 1 aromatic heterocycles. The number of benzene rings is 2. The predicted molar refractivity (Wildman–Crippen MR) is 87.5 cm³/mol. The van der Waals surface area contributed by atoms with Crippen LogP contribution in [0.1, 0.15) is 10.5 Å². The molecule has 3 rings (SSSR count). The van der Waals surface area contributed by atoms with Crippen LogP contribution in [0.4, 0.5) is 0 Å². The zero-order valence-corrected chi connectivity index (χ0v) is 13.1. The molecule has 1 heterocycles. The van der Waals surface area contributed by atoms with E-state index >= 15 is 0 Å². The molecule has 0 fully saturated rings. The summed E-state index contributed by atoms with van der Waals surface area (Å²) in [6, 6.07) is 17.4. The molecule has 0 spiro atoms. The van der Waals surface area contributed by atoms with Gasteiger partial charge in [0.25, 0.3) is 0 Å². The lowest BCUT2D eigenvalue weighted by Crippen LogP contribution is -2.06. The Morgan fingerprint density at radius 1 is 1.05 bits per heavy atom. The summed E-state index contributed by atoms with van der Waals surface area (Å²) in [5.41, 5.74) is 1.48. The van der Waals surface area contributed by atoms with Crippen LogP contribution in [0.15, 0.2) is 59.5 Å². The van der Waals surface area contributed by atoms with Gasteiger partial charge in [-0.15, -0.1) is 0 Å². The molecule has 3 aromatic rings. The first-order chi connectivity index (χ1) is 10.7. The fraction of sp³-hybridized carbons (Fsp3) is 0.118. The second-order valence-electron chi connectivity index (χ2n) is 4.64. The number of para-hydroxylation sites is 1. The molecule has 0 saturated carbocycles. The summed E-state index contributed by atoms with van der Waals surface area (Å²) in [6.07, 6.45) is 0. The molecular formula is C17H15NO3S. The van der Waals surface area contributed by atoms with E-state index in [2.05, 4.69) is 0 Å². The number of fused-ring (bicyclic) bond motifs is 1. The minimum atomic E-state index is -0.355. The number of esters is 1. The Morgan fingerprint density at radius 3 is 2.64 bits per heavy atom. The van der Waals surface area contributed by atoms with Gasteiger partial charge in [-0.2, -0.15) is 0 Å². The summed E-state index contributed by atoms with van der Waals surface area (Å²) >= 11 is 1.46. The lowest BCUT2D eigenvalue weighted by Gasteiger charge is -2.09. The number of rotatable bonds is 4. The first-order valence-corrected chi connectivity index (χ1v) is 7.51. The number of hydrogen-bond donors (Lipinski definition) is 0. The second kappa shape index (κ2) is 6.15. The topological polar surface area (TPSA) is 40.5 Å². The van der Waals surface area contributed by atoms with Crippen molar-refractivity contribution in [3.63, 3.8) is 0 Å². The normalized spacial score (nSPS) is 10.6. The fourth-order valence-electron chi connectivity index (χ4n) is 2.24. The van der Waals surface area contributed by atoms with Crippen LogP contribution in [-0.2, 0) is 4.74 Å². The molecule has 0 saturated heterocycles. The number of ether oxygens (including phenoxy) is 2. The van der Waals surface area contributed by atoms with Crippen LogP contribution in [0.25, 0.3) is 10.9 Å². The van der Waals surface area contributed by atoms with Crippen LogP contribution in [0.3, 0.4) is 0 Å². The van der Waals surface area contributed by atoms with Gasteiger partial charge >= 0.3 is 5.97 Å². The highest BCUT2D eigenvalue weighted by Crippen LogP contribution is 2.31. The summed E-state index contributed by atoms with van der Waals surface area (Å²) in [4.78, 5) is 13.0. The summed E-state index contributed by atoms with van der Waals surface area (Å²) < 4.78 is 12.0. The van der Waals surface area contributed by atoms with E-state index in [-0.39, 0.29) is 5.97 Å². The highest BCUT2D eigenvalue weighted by atomic mass is 32.2. The lowest BCUT2D eigenvalue weighted by molar-refractivity contribution is 0.0594. The van der Waals surface area contributed by atoms with Gasteiger partial charge in [0.05, 0.1) is 19.7 Å². The molecule has 0 aliphatic carbocycles. The molecular weight excluding hydrogens is 298 g/mol. The molecule has 5 heteroatoms. The van der Waals surface area contributed by atoms with Crippen LogP contribution in [-0.4, -0.2) is 24.2 Å². The van der Waals surface area contributed by atoms with Crippen molar-refractivity contribution in [2.45, 2.75) is 4.90 Å². The minimum Gasteiger partial charge on any atom is -0.497 e. The number of carbonyl (C=O) groups is 1. The second-order valence-corrected chi connectivity index (χ2v) is 5.66. The number of hydrogen-bond acceptors (Lipinski definition) is 4. The Balaban J connectivity index is 2.09. The summed E-state index contributed by atoms with van der Waals surface area (Å²) in [5, 5.41) is 0.998. The van der Waals surface area contributed by atoms with Gasteiger partial charge in [-0.3, -0.25) is 3.97 Å². The van der Waals surface area contributed by atoms with E-state index in [0.717, 1.165) is 21.5 Å². The molecule has 0 amide bonds. The SMILES string of the molecule is COC(=O)c1cc2ccccc2n1Sc1cccc(OC)c1.